The molecule has 0 saturated heterocycles. The normalized spacial score (nSPS) is 14.3. The fourth-order valence-electron chi connectivity index (χ4n) is 1.92. The maximum Gasteiger partial charge on any atom is 0.303 e. The molecule has 0 amide bonds. The molecule has 1 atom stereocenters. The summed E-state index contributed by atoms with van der Waals surface area (Å²) in [7, 11) is -3.24. The molecule has 0 aromatic heterocycles. The van der Waals surface area contributed by atoms with E-state index in [0.717, 1.165) is 6.42 Å². The summed E-state index contributed by atoms with van der Waals surface area (Å²) in [4.78, 5) is 10.5. The Balaban J connectivity index is 4.09. The average molecular weight is 293 g/mol. The predicted molar refractivity (Wildman–Crippen MR) is 76.5 cm³/mol. The van der Waals surface area contributed by atoms with Gasteiger partial charge in [-0.25, -0.2) is 13.1 Å². The first-order valence-electron chi connectivity index (χ1n) is 6.75. The highest BCUT2D eigenvalue weighted by atomic mass is 32.2. The summed E-state index contributed by atoms with van der Waals surface area (Å²) in [6, 6.07) is 0. The zero-order chi connectivity index (χ0) is 15.1. The van der Waals surface area contributed by atoms with Crippen LogP contribution in [0, 0.1) is 11.3 Å². The van der Waals surface area contributed by atoms with Gasteiger partial charge in [0.15, 0.2) is 0 Å². The third-order valence-electron chi connectivity index (χ3n) is 2.84. The lowest BCUT2D eigenvalue weighted by Crippen LogP contribution is -2.33. The third kappa shape index (κ3) is 10.9. The van der Waals surface area contributed by atoms with Crippen LogP contribution in [0.15, 0.2) is 0 Å². The highest BCUT2D eigenvalue weighted by molar-refractivity contribution is 7.89. The number of carboxylic acid groups (broad SMARTS) is 1. The van der Waals surface area contributed by atoms with Crippen LogP contribution < -0.4 is 4.72 Å². The number of sulfonamides is 1. The van der Waals surface area contributed by atoms with E-state index in [2.05, 4.69) is 4.72 Å². The summed E-state index contributed by atoms with van der Waals surface area (Å²) in [5, 5.41) is 8.63. The van der Waals surface area contributed by atoms with Gasteiger partial charge in [-0.2, -0.15) is 0 Å². The molecule has 0 bridgehead atoms. The Kier molecular flexibility index (Phi) is 7.59. The molecule has 0 rings (SSSR count). The number of nitrogens with one attached hydrogen (secondary N) is 1. The molecule has 114 valence electrons. The Morgan fingerprint density at radius 2 is 1.84 bits per heavy atom. The fourth-order valence-corrected chi connectivity index (χ4v) is 3.59. The summed E-state index contributed by atoms with van der Waals surface area (Å²) in [5.74, 6) is -0.438. The summed E-state index contributed by atoms with van der Waals surface area (Å²) >= 11 is 0. The number of aliphatic carboxylic acids is 1. The number of hydrogen-bond donors (Lipinski definition) is 2. The first-order chi connectivity index (χ1) is 8.56. The largest absolute Gasteiger partial charge is 0.481 e. The van der Waals surface area contributed by atoms with Crippen molar-refractivity contribution in [3.8, 4) is 0 Å². The van der Waals surface area contributed by atoms with Gasteiger partial charge in [0.25, 0.3) is 0 Å². The molecule has 0 saturated carbocycles. The van der Waals surface area contributed by atoms with Crippen LogP contribution in [0.1, 0.15) is 53.4 Å². The molecule has 5 nitrogen and oxygen atoms in total. The van der Waals surface area contributed by atoms with E-state index in [1.807, 2.05) is 27.7 Å². The second-order valence-corrected chi connectivity index (χ2v) is 8.02. The third-order valence-corrected chi connectivity index (χ3v) is 4.73. The minimum Gasteiger partial charge on any atom is -0.481 e. The minimum atomic E-state index is -3.24. The van der Waals surface area contributed by atoms with E-state index in [-0.39, 0.29) is 23.5 Å². The Bertz CT molecular complexity index is 371. The highest BCUT2D eigenvalue weighted by Crippen LogP contribution is 2.17. The SMILES string of the molecule is CCC(CCNS(=O)(=O)CC(C)(C)C)CCC(=O)O. The molecule has 0 fully saturated rings. The number of rotatable bonds is 9. The van der Waals surface area contributed by atoms with Crippen molar-refractivity contribution in [1.82, 2.24) is 4.72 Å². The summed E-state index contributed by atoms with van der Waals surface area (Å²) < 4.78 is 26.1. The monoisotopic (exact) mass is 293 g/mol. The van der Waals surface area contributed by atoms with Crippen molar-refractivity contribution < 1.29 is 18.3 Å². The van der Waals surface area contributed by atoms with E-state index >= 15 is 0 Å². The Labute approximate surface area is 116 Å². The molecule has 6 heteroatoms. The molecule has 0 aliphatic heterocycles. The van der Waals surface area contributed by atoms with Gasteiger partial charge in [0, 0.05) is 13.0 Å². The van der Waals surface area contributed by atoms with Gasteiger partial charge in [-0.1, -0.05) is 34.1 Å². The van der Waals surface area contributed by atoms with Crippen molar-refractivity contribution in [2.75, 3.05) is 12.3 Å². The fraction of sp³-hybridized carbons (Fsp3) is 0.923. The van der Waals surface area contributed by atoms with Crippen molar-refractivity contribution in [1.29, 1.82) is 0 Å². The molecular weight excluding hydrogens is 266 g/mol. The minimum absolute atomic E-state index is 0.103. The van der Waals surface area contributed by atoms with Crippen molar-refractivity contribution in [3.05, 3.63) is 0 Å². The molecule has 0 aromatic rings. The first kappa shape index (κ1) is 18.4. The molecule has 2 N–H and O–H groups in total. The Morgan fingerprint density at radius 3 is 2.26 bits per heavy atom. The molecule has 19 heavy (non-hydrogen) atoms. The predicted octanol–water partition coefficient (Wildman–Crippen LogP) is 2.23. The van der Waals surface area contributed by atoms with Crippen LogP contribution in [0.4, 0.5) is 0 Å². The zero-order valence-electron chi connectivity index (χ0n) is 12.4. The van der Waals surface area contributed by atoms with E-state index in [0.29, 0.717) is 19.4 Å². The van der Waals surface area contributed by atoms with Gasteiger partial charge in [0.2, 0.25) is 10.0 Å². The summed E-state index contributed by atoms with van der Waals surface area (Å²) in [5.41, 5.74) is -0.265. The Hall–Kier alpha value is -0.620. The van der Waals surface area contributed by atoms with E-state index in [4.69, 9.17) is 5.11 Å². The van der Waals surface area contributed by atoms with E-state index < -0.39 is 16.0 Å². The molecule has 0 spiro atoms. The van der Waals surface area contributed by atoms with Crippen molar-refractivity contribution in [2.24, 2.45) is 11.3 Å². The molecule has 1 unspecified atom stereocenters. The number of hydrogen-bond acceptors (Lipinski definition) is 3. The molecule has 0 heterocycles. The van der Waals surface area contributed by atoms with Gasteiger partial charge in [-0.05, 0) is 24.2 Å². The van der Waals surface area contributed by atoms with Crippen molar-refractivity contribution >= 4 is 16.0 Å². The first-order valence-corrected chi connectivity index (χ1v) is 8.40. The second-order valence-electron chi connectivity index (χ2n) is 6.21. The topological polar surface area (TPSA) is 83.5 Å². The van der Waals surface area contributed by atoms with Gasteiger partial charge in [0.1, 0.15) is 0 Å². The number of carboxylic acids is 1. The van der Waals surface area contributed by atoms with Gasteiger partial charge in [-0.3, -0.25) is 4.79 Å². The van der Waals surface area contributed by atoms with Crippen molar-refractivity contribution in [2.45, 2.75) is 53.4 Å². The molecule has 0 radical (unpaired) electrons. The molecule has 0 aliphatic rings. The van der Waals surface area contributed by atoms with E-state index in [9.17, 15) is 13.2 Å². The van der Waals surface area contributed by atoms with Crippen LogP contribution in [-0.4, -0.2) is 31.8 Å². The second kappa shape index (κ2) is 7.85. The summed E-state index contributed by atoms with van der Waals surface area (Å²) in [6.07, 6.45) is 2.31. The lowest BCUT2D eigenvalue weighted by Gasteiger charge is -2.19. The van der Waals surface area contributed by atoms with Gasteiger partial charge < -0.3 is 5.11 Å². The van der Waals surface area contributed by atoms with Crippen LogP contribution in [0.5, 0.6) is 0 Å². The van der Waals surface area contributed by atoms with E-state index in [1.54, 1.807) is 0 Å². The van der Waals surface area contributed by atoms with E-state index in [1.165, 1.54) is 0 Å². The van der Waals surface area contributed by atoms with Crippen LogP contribution in [0.25, 0.3) is 0 Å². The number of carbonyl (C=O) groups is 1. The Morgan fingerprint density at radius 1 is 1.26 bits per heavy atom. The van der Waals surface area contributed by atoms with Crippen molar-refractivity contribution in [3.63, 3.8) is 0 Å². The lowest BCUT2D eigenvalue weighted by molar-refractivity contribution is -0.137. The van der Waals surface area contributed by atoms with Crippen LogP contribution >= 0.6 is 0 Å². The molecule has 0 aromatic carbocycles. The van der Waals surface area contributed by atoms with Gasteiger partial charge in [-0.15, -0.1) is 0 Å². The van der Waals surface area contributed by atoms with Gasteiger partial charge in [0.05, 0.1) is 5.75 Å². The maximum absolute atomic E-state index is 11.8. The quantitative estimate of drug-likeness (QED) is 0.683. The standard InChI is InChI=1S/C13H27NO4S/c1-5-11(6-7-12(15)16)8-9-14-19(17,18)10-13(2,3)4/h11,14H,5-10H2,1-4H3,(H,15,16). The smallest absolute Gasteiger partial charge is 0.303 e. The van der Waals surface area contributed by atoms with Crippen LogP contribution in [0.3, 0.4) is 0 Å². The summed E-state index contributed by atoms with van der Waals surface area (Å²) in [6.45, 7) is 8.03. The molecule has 0 aliphatic carbocycles. The average Bonchev–Trinajstić information content (AvgIpc) is 2.19. The lowest BCUT2D eigenvalue weighted by atomic mass is 9.97. The van der Waals surface area contributed by atoms with Gasteiger partial charge >= 0.3 is 5.97 Å². The zero-order valence-corrected chi connectivity index (χ0v) is 13.2. The maximum atomic E-state index is 11.8. The highest BCUT2D eigenvalue weighted by Gasteiger charge is 2.21. The molecular formula is C13H27NO4S. The van der Waals surface area contributed by atoms with Crippen LogP contribution in [-0.2, 0) is 14.8 Å². The van der Waals surface area contributed by atoms with Crippen LogP contribution in [0.2, 0.25) is 0 Å².